The van der Waals surface area contributed by atoms with E-state index in [9.17, 15) is 4.79 Å². The molecule has 1 saturated carbocycles. The van der Waals surface area contributed by atoms with Crippen molar-refractivity contribution >= 4 is 5.91 Å². The Morgan fingerprint density at radius 2 is 2.00 bits per heavy atom. The maximum atomic E-state index is 11.2. The molecule has 0 aromatic rings. The third-order valence-corrected chi connectivity index (χ3v) is 2.87. The molecule has 1 aliphatic rings. The number of hydrogen-bond donors (Lipinski definition) is 1. The van der Waals surface area contributed by atoms with Crippen molar-refractivity contribution in [1.29, 1.82) is 0 Å². The van der Waals surface area contributed by atoms with Crippen molar-refractivity contribution in [2.45, 2.75) is 38.5 Å². The van der Waals surface area contributed by atoms with E-state index in [1.807, 2.05) is 6.08 Å². The van der Waals surface area contributed by atoms with E-state index in [-0.39, 0.29) is 31.6 Å². The predicted molar refractivity (Wildman–Crippen MR) is 50.6 cm³/mol. The molecule has 1 aliphatic carbocycles. The molecule has 0 aromatic carbocycles. The molecule has 0 heterocycles. The average molecular weight is 175 g/mol. The molecule has 0 radical (unpaired) electrons. The minimum Gasteiger partial charge on any atom is -1.00 e. The standard InChI is InChI=1S/C10H17NO.Li.H/c1-2-6-10(9(11)12)7-4-3-5-8-10;;/h2H,1,3-8H2,(H2,11,12);;/q;+1;-1. The van der Waals surface area contributed by atoms with Crippen LogP contribution in [0.1, 0.15) is 40.0 Å². The van der Waals surface area contributed by atoms with E-state index in [2.05, 4.69) is 6.58 Å². The summed E-state index contributed by atoms with van der Waals surface area (Å²) in [6.45, 7) is 3.67. The van der Waals surface area contributed by atoms with Crippen molar-refractivity contribution in [2.75, 3.05) is 0 Å². The Bertz CT molecular complexity index is 191. The van der Waals surface area contributed by atoms with Crippen LogP contribution in [0.4, 0.5) is 0 Å². The van der Waals surface area contributed by atoms with Crippen molar-refractivity contribution in [1.82, 2.24) is 0 Å². The summed E-state index contributed by atoms with van der Waals surface area (Å²) in [6, 6.07) is 0. The fourth-order valence-electron chi connectivity index (χ4n) is 2.06. The number of carbonyl (C=O) groups excluding carboxylic acids is 1. The Hall–Kier alpha value is -0.193. The number of primary amides is 1. The Morgan fingerprint density at radius 1 is 1.46 bits per heavy atom. The van der Waals surface area contributed by atoms with Gasteiger partial charge < -0.3 is 7.16 Å². The van der Waals surface area contributed by atoms with E-state index in [4.69, 9.17) is 5.73 Å². The van der Waals surface area contributed by atoms with E-state index in [0.717, 1.165) is 32.1 Å². The fourth-order valence-corrected chi connectivity index (χ4v) is 2.06. The maximum Gasteiger partial charge on any atom is 1.00 e. The normalized spacial score (nSPS) is 20.0. The average Bonchev–Trinajstić information content (AvgIpc) is 2.06. The topological polar surface area (TPSA) is 43.1 Å². The van der Waals surface area contributed by atoms with Crippen LogP contribution in [-0.4, -0.2) is 5.91 Å². The summed E-state index contributed by atoms with van der Waals surface area (Å²) in [4.78, 5) is 11.2. The maximum absolute atomic E-state index is 11.2. The van der Waals surface area contributed by atoms with Crippen LogP contribution >= 0.6 is 0 Å². The summed E-state index contributed by atoms with van der Waals surface area (Å²) < 4.78 is 0. The van der Waals surface area contributed by atoms with Gasteiger partial charge in [0.1, 0.15) is 0 Å². The van der Waals surface area contributed by atoms with Gasteiger partial charge in [0.05, 0.1) is 5.41 Å². The summed E-state index contributed by atoms with van der Waals surface area (Å²) in [5.41, 5.74) is 5.15. The molecule has 0 aromatic heterocycles. The molecule has 70 valence electrons. The van der Waals surface area contributed by atoms with Crippen LogP contribution in [0.3, 0.4) is 0 Å². The van der Waals surface area contributed by atoms with Gasteiger partial charge in [-0.3, -0.25) is 4.79 Å². The van der Waals surface area contributed by atoms with Gasteiger partial charge in [-0.25, -0.2) is 0 Å². The summed E-state index contributed by atoms with van der Waals surface area (Å²) in [7, 11) is 0. The van der Waals surface area contributed by atoms with Gasteiger partial charge in [-0.1, -0.05) is 25.3 Å². The molecule has 3 heteroatoms. The second-order valence-electron chi connectivity index (χ2n) is 3.70. The van der Waals surface area contributed by atoms with E-state index in [1.165, 1.54) is 6.42 Å². The summed E-state index contributed by atoms with van der Waals surface area (Å²) >= 11 is 0. The molecule has 2 nitrogen and oxygen atoms in total. The van der Waals surface area contributed by atoms with E-state index in [1.54, 1.807) is 0 Å². The number of carbonyl (C=O) groups is 1. The number of hydrogen-bond acceptors (Lipinski definition) is 1. The van der Waals surface area contributed by atoms with Gasteiger partial charge in [-0.15, -0.1) is 6.58 Å². The predicted octanol–water partition coefficient (Wildman–Crippen LogP) is -0.885. The second-order valence-corrected chi connectivity index (χ2v) is 3.70. The first-order chi connectivity index (χ1) is 5.71. The molecular formula is C10H18LiNO. The summed E-state index contributed by atoms with van der Waals surface area (Å²) in [6.07, 6.45) is 7.99. The number of allylic oxidation sites excluding steroid dienone is 1. The van der Waals surface area contributed by atoms with E-state index in [0.29, 0.717) is 0 Å². The first-order valence-corrected chi connectivity index (χ1v) is 4.62. The van der Waals surface area contributed by atoms with Crippen molar-refractivity contribution in [3.63, 3.8) is 0 Å². The molecule has 13 heavy (non-hydrogen) atoms. The summed E-state index contributed by atoms with van der Waals surface area (Å²) in [5, 5.41) is 0. The molecule has 0 aliphatic heterocycles. The molecule has 1 fully saturated rings. The number of rotatable bonds is 3. The Balaban J connectivity index is 0. The van der Waals surface area contributed by atoms with Crippen molar-refractivity contribution in [3.8, 4) is 0 Å². The van der Waals surface area contributed by atoms with Crippen molar-refractivity contribution in [3.05, 3.63) is 12.7 Å². The van der Waals surface area contributed by atoms with Crippen molar-refractivity contribution in [2.24, 2.45) is 11.1 Å². The van der Waals surface area contributed by atoms with Gasteiger partial charge >= 0.3 is 18.9 Å². The van der Waals surface area contributed by atoms with Crippen LogP contribution in [0.2, 0.25) is 0 Å². The molecule has 0 spiro atoms. The monoisotopic (exact) mass is 175 g/mol. The largest absolute Gasteiger partial charge is 1.00 e. The van der Waals surface area contributed by atoms with Gasteiger partial charge in [0, 0.05) is 0 Å². The fraction of sp³-hybridized carbons (Fsp3) is 0.700. The third kappa shape index (κ3) is 2.89. The molecule has 0 atom stereocenters. The number of nitrogens with two attached hydrogens (primary N) is 1. The molecular weight excluding hydrogens is 157 g/mol. The van der Waals surface area contributed by atoms with Gasteiger partial charge in [-0.2, -0.15) is 0 Å². The molecule has 1 rings (SSSR count). The Labute approximate surface area is 93.6 Å². The van der Waals surface area contributed by atoms with Gasteiger partial charge in [0.25, 0.3) is 0 Å². The van der Waals surface area contributed by atoms with E-state index < -0.39 is 0 Å². The first-order valence-electron chi connectivity index (χ1n) is 4.62. The van der Waals surface area contributed by atoms with Gasteiger partial charge in [-0.05, 0) is 19.3 Å². The minimum absolute atomic E-state index is 0. The quantitative estimate of drug-likeness (QED) is 0.439. The smallest absolute Gasteiger partial charge is 1.00 e. The molecule has 0 bridgehead atoms. The third-order valence-electron chi connectivity index (χ3n) is 2.87. The van der Waals surface area contributed by atoms with Crippen LogP contribution in [0.5, 0.6) is 0 Å². The van der Waals surface area contributed by atoms with Crippen molar-refractivity contribution < 1.29 is 25.1 Å². The van der Waals surface area contributed by atoms with Crippen LogP contribution in [-0.2, 0) is 4.79 Å². The van der Waals surface area contributed by atoms with Crippen LogP contribution in [0.15, 0.2) is 12.7 Å². The zero-order valence-corrected chi connectivity index (χ0v) is 8.51. The minimum atomic E-state index is -0.250. The van der Waals surface area contributed by atoms with Gasteiger partial charge in [0.15, 0.2) is 0 Å². The molecule has 2 N–H and O–H groups in total. The zero-order valence-electron chi connectivity index (χ0n) is 9.51. The Morgan fingerprint density at radius 3 is 2.38 bits per heavy atom. The van der Waals surface area contributed by atoms with Gasteiger partial charge in [0.2, 0.25) is 5.91 Å². The molecule has 1 amide bonds. The van der Waals surface area contributed by atoms with E-state index >= 15 is 0 Å². The van der Waals surface area contributed by atoms with Crippen LogP contribution in [0.25, 0.3) is 0 Å². The number of amides is 1. The van der Waals surface area contributed by atoms with Crippen LogP contribution < -0.4 is 24.6 Å². The summed E-state index contributed by atoms with van der Waals surface area (Å²) in [5.74, 6) is -0.137. The molecule has 0 unspecified atom stereocenters. The SMILES string of the molecule is C=CCC1(C(N)=O)CCCCC1.[H-].[Li+]. The Kier molecular flexibility index (Phi) is 5.44. The first kappa shape index (κ1) is 12.8. The zero-order chi connectivity index (χ0) is 9.03. The molecule has 0 saturated heterocycles. The van der Waals surface area contributed by atoms with Crippen LogP contribution in [0, 0.1) is 5.41 Å². The second kappa shape index (κ2) is 5.52.